The standard InChI is InChI=1S/C14H22N2O2/c1-10(2)13-9-16(7-4-8-17)14-11(15)5-3-6-12(14)18-13/h3,5-6,10,13,17H,4,7-9,15H2,1-2H3. The molecule has 18 heavy (non-hydrogen) atoms. The highest BCUT2D eigenvalue weighted by molar-refractivity contribution is 5.75. The van der Waals surface area contributed by atoms with Crippen LogP contribution in [0.25, 0.3) is 0 Å². The van der Waals surface area contributed by atoms with Crippen LogP contribution in [0, 0.1) is 5.92 Å². The number of benzene rings is 1. The number of aliphatic hydroxyl groups excluding tert-OH is 1. The predicted octanol–water partition coefficient (Wildman–Crippen LogP) is 1.87. The van der Waals surface area contributed by atoms with Crippen LogP contribution in [0.4, 0.5) is 11.4 Å². The summed E-state index contributed by atoms with van der Waals surface area (Å²) in [6, 6.07) is 5.77. The monoisotopic (exact) mass is 250 g/mol. The van der Waals surface area contributed by atoms with Crippen molar-refractivity contribution in [2.24, 2.45) is 5.92 Å². The van der Waals surface area contributed by atoms with Gasteiger partial charge in [-0.3, -0.25) is 0 Å². The zero-order valence-corrected chi connectivity index (χ0v) is 11.1. The minimum atomic E-state index is 0.179. The Morgan fingerprint density at radius 1 is 1.50 bits per heavy atom. The number of nitrogens with two attached hydrogens (primary N) is 1. The normalized spacial score (nSPS) is 18.7. The molecule has 1 heterocycles. The molecule has 0 saturated heterocycles. The van der Waals surface area contributed by atoms with Crippen LogP contribution >= 0.6 is 0 Å². The molecule has 0 fully saturated rings. The fraction of sp³-hybridized carbons (Fsp3) is 0.571. The first-order valence-electron chi connectivity index (χ1n) is 6.54. The maximum Gasteiger partial charge on any atom is 0.145 e. The fourth-order valence-corrected chi connectivity index (χ4v) is 2.29. The summed E-state index contributed by atoms with van der Waals surface area (Å²) >= 11 is 0. The van der Waals surface area contributed by atoms with E-state index in [-0.39, 0.29) is 12.7 Å². The average Bonchev–Trinajstić information content (AvgIpc) is 2.35. The van der Waals surface area contributed by atoms with E-state index in [2.05, 4.69) is 18.7 Å². The van der Waals surface area contributed by atoms with Crippen molar-refractivity contribution in [2.45, 2.75) is 26.4 Å². The van der Waals surface area contributed by atoms with Gasteiger partial charge in [0, 0.05) is 13.2 Å². The van der Waals surface area contributed by atoms with Gasteiger partial charge in [-0.25, -0.2) is 0 Å². The lowest BCUT2D eigenvalue weighted by atomic mass is 10.0. The van der Waals surface area contributed by atoms with Crippen LogP contribution in [0.3, 0.4) is 0 Å². The van der Waals surface area contributed by atoms with Crippen molar-refractivity contribution < 1.29 is 9.84 Å². The Balaban J connectivity index is 2.29. The Morgan fingerprint density at radius 3 is 2.94 bits per heavy atom. The van der Waals surface area contributed by atoms with E-state index >= 15 is 0 Å². The summed E-state index contributed by atoms with van der Waals surface area (Å²) in [4.78, 5) is 2.23. The summed E-state index contributed by atoms with van der Waals surface area (Å²) in [6.45, 7) is 6.16. The Hall–Kier alpha value is -1.42. The molecule has 3 N–H and O–H groups in total. The summed E-state index contributed by atoms with van der Waals surface area (Å²) < 4.78 is 6.00. The molecule has 1 aromatic carbocycles. The van der Waals surface area contributed by atoms with E-state index < -0.39 is 0 Å². The van der Waals surface area contributed by atoms with Crippen LogP contribution in [-0.2, 0) is 0 Å². The van der Waals surface area contributed by atoms with E-state index in [1.54, 1.807) is 0 Å². The molecule has 4 nitrogen and oxygen atoms in total. The van der Waals surface area contributed by atoms with E-state index in [9.17, 15) is 0 Å². The third-order valence-electron chi connectivity index (χ3n) is 3.35. The largest absolute Gasteiger partial charge is 0.486 e. The molecule has 0 radical (unpaired) electrons. The SMILES string of the molecule is CC(C)C1CN(CCCO)c2c(N)cccc2O1. The molecule has 4 heteroatoms. The molecule has 100 valence electrons. The quantitative estimate of drug-likeness (QED) is 0.801. The van der Waals surface area contributed by atoms with Gasteiger partial charge >= 0.3 is 0 Å². The Morgan fingerprint density at radius 2 is 2.28 bits per heavy atom. The summed E-state index contributed by atoms with van der Waals surface area (Å²) in [6.07, 6.45) is 0.927. The Labute approximate surface area is 108 Å². The highest BCUT2D eigenvalue weighted by atomic mass is 16.5. The number of fused-ring (bicyclic) bond motifs is 1. The van der Waals surface area contributed by atoms with Crippen molar-refractivity contribution in [3.63, 3.8) is 0 Å². The van der Waals surface area contributed by atoms with Crippen LogP contribution in [-0.4, -0.2) is 30.9 Å². The van der Waals surface area contributed by atoms with Gasteiger partial charge in [-0.2, -0.15) is 0 Å². The molecular formula is C14H22N2O2. The van der Waals surface area contributed by atoms with E-state index in [1.165, 1.54) is 0 Å². The van der Waals surface area contributed by atoms with Crippen LogP contribution in [0.1, 0.15) is 20.3 Å². The van der Waals surface area contributed by atoms with Crippen molar-refractivity contribution in [3.05, 3.63) is 18.2 Å². The molecule has 1 aliphatic rings. The molecule has 0 aliphatic carbocycles. The first-order valence-corrected chi connectivity index (χ1v) is 6.54. The van der Waals surface area contributed by atoms with Gasteiger partial charge in [0.1, 0.15) is 17.5 Å². The third kappa shape index (κ3) is 2.53. The van der Waals surface area contributed by atoms with Gasteiger partial charge in [0.15, 0.2) is 0 Å². The van der Waals surface area contributed by atoms with Crippen molar-refractivity contribution in [2.75, 3.05) is 30.3 Å². The van der Waals surface area contributed by atoms with E-state index in [4.69, 9.17) is 15.6 Å². The van der Waals surface area contributed by atoms with Gasteiger partial charge in [0.2, 0.25) is 0 Å². The highest BCUT2D eigenvalue weighted by Gasteiger charge is 2.28. The number of hydrogen-bond donors (Lipinski definition) is 2. The van der Waals surface area contributed by atoms with Gasteiger partial charge in [0.25, 0.3) is 0 Å². The van der Waals surface area contributed by atoms with Gasteiger partial charge in [-0.15, -0.1) is 0 Å². The summed E-state index contributed by atoms with van der Waals surface area (Å²) in [5.74, 6) is 1.31. The number of anilines is 2. The molecule has 0 aromatic heterocycles. The number of rotatable bonds is 4. The van der Waals surface area contributed by atoms with Crippen LogP contribution in [0.15, 0.2) is 18.2 Å². The van der Waals surface area contributed by atoms with Gasteiger partial charge < -0.3 is 20.5 Å². The molecule has 1 atom stereocenters. The maximum atomic E-state index is 9.00. The molecule has 0 saturated carbocycles. The lowest BCUT2D eigenvalue weighted by Gasteiger charge is -2.38. The second kappa shape index (κ2) is 5.48. The number of aliphatic hydroxyl groups is 1. The Kier molecular flexibility index (Phi) is 3.97. The maximum absolute atomic E-state index is 9.00. The smallest absolute Gasteiger partial charge is 0.145 e. The highest BCUT2D eigenvalue weighted by Crippen LogP contribution is 2.39. The van der Waals surface area contributed by atoms with E-state index in [1.807, 2.05) is 18.2 Å². The second-order valence-electron chi connectivity index (χ2n) is 5.12. The van der Waals surface area contributed by atoms with Crippen molar-refractivity contribution >= 4 is 11.4 Å². The summed E-state index contributed by atoms with van der Waals surface area (Å²) in [5, 5.41) is 9.00. The first kappa shape index (κ1) is 13.0. The fourth-order valence-electron chi connectivity index (χ4n) is 2.29. The van der Waals surface area contributed by atoms with Crippen LogP contribution in [0.5, 0.6) is 5.75 Å². The third-order valence-corrected chi connectivity index (χ3v) is 3.35. The first-order chi connectivity index (χ1) is 8.63. The van der Waals surface area contributed by atoms with Crippen LogP contribution < -0.4 is 15.4 Å². The lowest BCUT2D eigenvalue weighted by molar-refractivity contribution is 0.145. The van der Waals surface area contributed by atoms with Crippen molar-refractivity contribution in [1.29, 1.82) is 0 Å². The zero-order chi connectivity index (χ0) is 13.1. The molecule has 1 aliphatic heterocycles. The molecular weight excluding hydrogens is 228 g/mol. The summed E-state index contributed by atoms with van der Waals surface area (Å²) in [5.41, 5.74) is 7.76. The molecule has 1 aromatic rings. The van der Waals surface area contributed by atoms with Crippen molar-refractivity contribution in [1.82, 2.24) is 0 Å². The number of para-hydroxylation sites is 1. The summed E-state index contributed by atoms with van der Waals surface area (Å²) in [7, 11) is 0. The molecule has 0 spiro atoms. The number of nitrogen functional groups attached to an aromatic ring is 1. The second-order valence-corrected chi connectivity index (χ2v) is 5.12. The predicted molar refractivity (Wildman–Crippen MR) is 74.0 cm³/mol. The number of hydrogen-bond acceptors (Lipinski definition) is 4. The Bertz CT molecular complexity index is 407. The topological polar surface area (TPSA) is 58.7 Å². The average molecular weight is 250 g/mol. The van der Waals surface area contributed by atoms with E-state index in [0.717, 1.165) is 36.6 Å². The van der Waals surface area contributed by atoms with Crippen LogP contribution in [0.2, 0.25) is 0 Å². The molecule has 0 amide bonds. The van der Waals surface area contributed by atoms with E-state index in [0.29, 0.717) is 5.92 Å². The molecule has 2 rings (SSSR count). The van der Waals surface area contributed by atoms with Gasteiger partial charge in [-0.05, 0) is 24.5 Å². The lowest BCUT2D eigenvalue weighted by Crippen LogP contribution is -2.43. The molecule has 0 bridgehead atoms. The number of ether oxygens (including phenoxy) is 1. The minimum Gasteiger partial charge on any atom is -0.486 e. The van der Waals surface area contributed by atoms with Crippen molar-refractivity contribution in [3.8, 4) is 5.75 Å². The minimum absolute atomic E-state index is 0.179. The van der Waals surface area contributed by atoms with Gasteiger partial charge in [0.05, 0.1) is 12.2 Å². The molecule has 1 unspecified atom stereocenters. The van der Waals surface area contributed by atoms with Gasteiger partial charge in [-0.1, -0.05) is 19.9 Å². The number of nitrogens with zero attached hydrogens (tertiary/aromatic N) is 1. The zero-order valence-electron chi connectivity index (χ0n) is 11.1.